The van der Waals surface area contributed by atoms with Gasteiger partial charge in [-0.15, -0.1) is 0 Å². The number of ether oxygens (including phenoxy) is 1. The Labute approximate surface area is 129 Å². The summed E-state index contributed by atoms with van der Waals surface area (Å²) < 4.78 is 4.81. The van der Waals surface area contributed by atoms with Gasteiger partial charge in [-0.25, -0.2) is 4.79 Å². The number of rotatable bonds is 4. The Bertz CT molecular complexity index is 658. The zero-order chi connectivity index (χ0) is 15.4. The second-order valence-corrected chi connectivity index (χ2v) is 5.09. The van der Waals surface area contributed by atoms with Gasteiger partial charge in [0.1, 0.15) is 0 Å². The number of carbonyl (C=O) groups excluding carboxylic acids is 1. The van der Waals surface area contributed by atoms with Crippen LogP contribution in [0.25, 0.3) is 0 Å². The third kappa shape index (κ3) is 3.28. The van der Waals surface area contributed by atoms with Gasteiger partial charge in [0.05, 0.1) is 24.0 Å². The smallest absolute Gasteiger partial charge is 0.340 e. The summed E-state index contributed by atoms with van der Waals surface area (Å²) in [5.41, 5.74) is 8.58. The molecule has 0 aliphatic rings. The van der Waals surface area contributed by atoms with E-state index in [9.17, 15) is 4.79 Å². The molecular weight excluding hydrogens is 288 g/mol. The minimum Gasteiger partial charge on any atom is -0.465 e. The molecule has 0 saturated heterocycles. The standard InChI is InChI=1S/C16H17ClN2O2/c1-19(10-11-6-3-4-8-13(11)17)15-12(16(20)21-2)7-5-9-14(15)18/h3-9H,10,18H2,1-2H3. The summed E-state index contributed by atoms with van der Waals surface area (Å²) in [5, 5.41) is 0.679. The summed E-state index contributed by atoms with van der Waals surface area (Å²) in [6.45, 7) is 0.540. The molecule has 0 aromatic heterocycles. The maximum Gasteiger partial charge on any atom is 0.340 e. The molecule has 5 heteroatoms. The number of esters is 1. The summed E-state index contributed by atoms with van der Waals surface area (Å²) in [5.74, 6) is -0.414. The zero-order valence-corrected chi connectivity index (χ0v) is 12.7. The average molecular weight is 305 g/mol. The van der Waals surface area contributed by atoms with Crippen molar-refractivity contribution in [3.8, 4) is 0 Å². The Balaban J connectivity index is 2.37. The first-order valence-corrected chi connectivity index (χ1v) is 6.83. The van der Waals surface area contributed by atoms with E-state index >= 15 is 0 Å². The quantitative estimate of drug-likeness (QED) is 0.695. The van der Waals surface area contributed by atoms with Gasteiger partial charge in [0.15, 0.2) is 0 Å². The van der Waals surface area contributed by atoms with Crippen LogP contribution in [0.5, 0.6) is 0 Å². The molecule has 0 heterocycles. The molecule has 0 bridgehead atoms. The van der Waals surface area contributed by atoms with Gasteiger partial charge in [-0.05, 0) is 23.8 Å². The first-order valence-electron chi connectivity index (χ1n) is 6.46. The van der Waals surface area contributed by atoms with Gasteiger partial charge in [0.2, 0.25) is 0 Å². The molecule has 0 aliphatic heterocycles. The number of para-hydroxylation sites is 1. The summed E-state index contributed by atoms with van der Waals surface area (Å²) >= 11 is 6.18. The van der Waals surface area contributed by atoms with Crippen LogP contribution in [0.15, 0.2) is 42.5 Å². The van der Waals surface area contributed by atoms with E-state index in [0.29, 0.717) is 28.5 Å². The Morgan fingerprint density at radius 3 is 2.62 bits per heavy atom. The number of methoxy groups -OCH3 is 1. The molecule has 4 nitrogen and oxygen atoms in total. The number of anilines is 2. The molecule has 0 fully saturated rings. The second-order valence-electron chi connectivity index (χ2n) is 4.68. The van der Waals surface area contributed by atoms with Crippen molar-refractivity contribution < 1.29 is 9.53 Å². The maximum absolute atomic E-state index is 11.9. The summed E-state index contributed by atoms with van der Waals surface area (Å²) in [6, 6.07) is 12.8. The fourth-order valence-electron chi connectivity index (χ4n) is 2.22. The molecular formula is C16H17ClN2O2. The van der Waals surface area contributed by atoms with Gasteiger partial charge in [0.25, 0.3) is 0 Å². The first-order chi connectivity index (χ1) is 10.0. The van der Waals surface area contributed by atoms with Gasteiger partial charge >= 0.3 is 5.97 Å². The molecule has 0 atom stereocenters. The van der Waals surface area contributed by atoms with E-state index in [0.717, 1.165) is 5.56 Å². The molecule has 0 radical (unpaired) electrons. The van der Waals surface area contributed by atoms with Gasteiger partial charge in [-0.2, -0.15) is 0 Å². The Morgan fingerprint density at radius 2 is 1.95 bits per heavy atom. The lowest BCUT2D eigenvalue weighted by atomic mass is 10.1. The minimum absolute atomic E-state index is 0.414. The Morgan fingerprint density at radius 1 is 1.24 bits per heavy atom. The zero-order valence-electron chi connectivity index (χ0n) is 12.0. The van der Waals surface area contributed by atoms with E-state index in [1.807, 2.05) is 36.2 Å². The number of hydrogen-bond acceptors (Lipinski definition) is 4. The van der Waals surface area contributed by atoms with Crippen molar-refractivity contribution in [1.29, 1.82) is 0 Å². The lowest BCUT2D eigenvalue weighted by Crippen LogP contribution is -2.21. The van der Waals surface area contributed by atoms with E-state index < -0.39 is 5.97 Å². The predicted molar refractivity (Wildman–Crippen MR) is 85.8 cm³/mol. The molecule has 0 unspecified atom stereocenters. The van der Waals surface area contributed by atoms with Crippen LogP contribution < -0.4 is 10.6 Å². The van der Waals surface area contributed by atoms with E-state index in [2.05, 4.69) is 0 Å². The van der Waals surface area contributed by atoms with Gasteiger partial charge < -0.3 is 15.4 Å². The second kappa shape index (κ2) is 6.50. The molecule has 0 saturated carbocycles. The van der Waals surface area contributed by atoms with Crippen LogP contribution in [0.2, 0.25) is 5.02 Å². The van der Waals surface area contributed by atoms with Crippen molar-refractivity contribution in [3.63, 3.8) is 0 Å². The van der Waals surface area contributed by atoms with Crippen molar-refractivity contribution in [1.82, 2.24) is 0 Å². The van der Waals surface area contributed by atoms with Crippen LogP contribution in [-0.2, 0) is 11.3 Å². The van der Waals surface area contributed by atoms with Crippen LogP contribution >= 0.6 is 11.6 Å². The van der Waals surface area contributed by atoms with Crippen LogP contribution in [0, 0.1) is 0 Å². The van der Waals surface area contributed by atoms with Gasteiger partial charge in [-0.3, -0.25) is 0 Å². The van der Waals surface area contributed by atoms with E-state index in [4.69, 9.17) is 22.1 Å². The highest BCUT2D eigenvalue weighted by atomic mass is 35.5. The number of halogens is 1. The third-order valence-corrected chi connectivity index (χ3v) is 3.59. The third-order valence-electron chi connectivity index (χ3n) is 3.22. The highest BCUT2D eigenvalue weighted by Crippen LogP contribution is 2.29. The monoisotopic (exact) mass is 304 g/mol. The normalized spacial score (nSPS) is 10.2. The summed E-state index contributed by atoms with van der Waals surface area (Å²) in [7, 11) is 3.21. The Hall–Kier alpha value is -2.20. The predicted octanol–water partition coefficient (Wildman–Crippen LogP) is 3.35. The van der Waals surface area contributed by atoms with Crippen molar-refractivity contribution in [2.45, 2.75) is 6.54 Å². The highest BCUT2D eigenvalue weighted by Gasteiger charge is 2.18. The highest BCUT2D eigenvalue weighted by molar-refractivity contribution is 6.31. The van der Waals surface area contributed by atoms with E-state index in [1.54, 1.807) is 18.2 Å². The fourth-order valence-corrected chi connectivity index (χ4v) is 2.42. The van der Waals surface area contributed by atoms with E-state index in [-0.39, 0.29) is 0 Å². The number of nitrogen functional groups attached to an aromatic ring is 1. The van der Waals surface area contributed by atoms with Crippen LogP contribution in [0.1, 0.15) is 15.9 Å². The average Bonchev–Trinajstić information content (AvgIpc) is 2.48. The Kier molecular flexibility index (Phi) is 4.70. The molecule has 2 aromatic carbocycles. The molecule has 0 aliphatic carbocycles. The number of benzene rings is 2. The number of carbonyl (C=O) groups is 1. The van der Waals surface area contributed by atoms with E-state index in [1.165, 1.54) is 7.11 Å². The van der Waals surface area contributed by atoms with Crippen LogP contribution in [-0.4, -0.2) is 20.1 Å². The fraction of sp³-hybridized carbons (Fsp3) is 0.188. The molecule has 2 N–H and O–H groups in total. The van der Waals surface area contributed by atoms with Gasteiger partial charge in [0, 0.05) is 18.6 Å². The minimum atomic E-state index is -0.414. The van der Waals surface area contributed by atoms with Crippen molar-refractivity contribution in [2.75, 3.05) is 24.8 Å². The molecule has 110 valence electrons. The number of nitrogens with two attached hydrogens (primary N) is 1. The van der Waals surface area contributed by atoms with Crippen LogP contribution in [0.3, 0.4) is 0 Å². The largest absolute Gasteiger partial charge is 0.465 e. The van der Waals surface area contributed by atoms with Gasteiger partial charge in [-0.1, -0.05) is 35.9 Å². The number of hydrogen-bond donors (Lipinski definition) is 1. The number of nitrogens with zero attached hydrogens (tertiary/aromatic N) is 1. The topological polar surface area (TPSA) is 55.6 Å². The van der Waals surface area contributed by atoms with Crippen molar-refractivity contribution >= 4 is 28.9 Å². The molecule has 21 heavy (non-hydrogen) atoms. The molecule has 2 aromatic rings. The maximum atomic E-state index is 11.9. The molecule has 2 rings (SSSR count). The SMILES string of the molecule is COC(=O)c1cccc(N)c1N(C)Cc1ccccc1Cl. The molecule has 0 amide bonds. The van der Waals surface area contributed by atoms with Crippen molar-refractivity contribution in [3.05, 3.63) is 58.6 Å². The summed E-state index contributed by atoms with van der Waals surface area (Å²) in [6.07, 6.45) is 0. The van der Waals surface area contributed by atoms with Crippen LogP contribution in [0.4, 0.5) is 11.4 Å². The summed E-state index contributed by atoms with van der Waals surface area (Å²) in [4.78, 5) is 13.8. The molecule has 0 spiro atoms. The lowest BCUT2D eigenvalue weighted by Gasteiger charge is -2.24. The first kappa shape index (κ1) is 15.2. The lowest BCUT2D eigenvalue weighted by molar-refractivity contribution is 0.0601. The van der Waals surface area contributed by atoms with Crippen molar-refractivity contribution in [2.24, 2.45) is 0 Å².